The van der Waals surface area contributed by atoms with Gasteiger partial charge in [-0.2, -0.15) is 0 Å². The molecule has 0 unspecified atom stereocenters. The SMILES string of the molecule is Cc1cc(C)nc(NCCCOc2ccc3c(c2)CN(C)C(=O)CC3)c1. The normalized spacial score (nSPS) is 14.0. The van der Waals surface area contributed by atoms with Crippen molar-refractivity contribution >= 4 is 11.7 Å². The first-order valence-electron chi connectivity index (χ1n) is 9.19. The molecule has 1 aliphatic heterocycles. The van der Waals surface area contributed by atoms with Crippen LogP contribution in [0.4, 0.5) is 5.82 Å². The summed E-state index contributed by atoms with van der Waals surface area (Å²) in [5.41, 5.74) is 4.67. The molecular weight excluding hydrogens is 326 g/mol. The molecule has 5 nitrogen and oxygen atoms in total. The third-order valence-electron chi connectivity index (χ3n) is 4.61. The van der Waals surface area contributed by atoms with Crippen LogP contribution in [0.3, 0.4) is 0 Å². The quantitative estimate of drug-likeness (QED) is 0.808. The number of rotatable bonds is 6. The molecule has 2 aromatic rings. The van der Waals surface area contributed by atoms with Crippen molar-refractivity contribution in [2.45, 2.75) is 39.7 Å². The molecule has 0 fully saturated rings. The summed E-state index contributed by atoms with van der Waals surface area (Å²) < 4.78 is 5.90. The molecule has 0 atom stereocenters. The van der Waals surface area contributed by atoms with Gasteiger partial charge in [0.05, 0.1) is 6.61 Å². The number of hydrogen-bond acceptors (Lipinski definition) is 4. The number of amides is 1. The van der Waals surface area contributed by atoms with Crippen LogP contribution in [-0.2, 0) is 17.8 Å². The summed E-state index contributed by atoms with van der Waals surface area (Å²) in [6.07, 6.45) is 2.29. The first kappa shape index (κ1) is 18.2. The fourth-order valence-electron chi connectivity index (χ4n) is 3.27. The molecule has 1 aliphatic rings. The molecule has 0 radical (unpaired) electrons. The molecule has 3 rings (SSSR count). The monoisotopic (exact) mass is 353 g/mol. The second-order valence-corrected chi connectivity index (χ2v) is 6.98. The summed E-state index contributed by atoms with van der Waals surface area (Å²) in [7, 11) is 1.86. The van der Waals surface area contributed by atoms with Crippen molar-refractivity contribution in [2.24, 2.45) is 0 Å². The van der Waals surface area contributed by atoms with E-state index < -0.39 is 0 Å². The molecule has 0 saturated carbocycles. The van der Waals surface area contributed by atoms with Crippen molar-refractivity contribution in [1.29, 1.82) is 0 Å². The summed E-state index contributed by atoms with van der Waals surface area (Å²) in [5.74, 6) is 1.99. The van der Waals surface area contributed by atoms with Crippen molar-refractivity contribution in [1.82, 2.24) is 9.88 Å². The maximum absolute atomic E-state index is 11.9. The molecule has 1 N–H and O–H groups in total. The third-order valence-corrected chi connectivity index (χ3v) is 4.61. The van der Waals surface area contributed by atoms with Gasteiger partial charge in [-0.05, 0) is 67.6 Å². The smallest absolute Gasteiger partial charge is 0.222 e. The van der Waals surface area contributed by atoms with Crippen LogP contribution < -0.4 is 10.1 Å². The lowest BCUT2D eigenvalue weighted by Gasteiger charge is -2.15. The minimum Gasteiger partial charge on any atom is -0.494 e. The van der Waals surface area contributed by atoms with Crippen molar-refractivity contribution in [2.75, 3.05) is 25.5 Å². The number of carbonyl (C=O) groups is 1. The van der Waals surface area contributed by atoms with E-state index in [-0.39, 0.29) is 5.91 Å². The number of nitrogens with one attached hydrogen (secondary N) is 1. The fraction of sp³-hybridized carbons (Fsp3) is 0.429. The van der Waals surface area contributed by atoms with E-state index in [0.29, 0.717) is 19.6 Å². The highest BCUT2D eigenvalue weighted by Gasteiger charge is 2.17. The summed E-state index contributed by atoms with van der Waals surface area (Å²) in [5, 5.41) is 3.35. The molecule has 138 valence electrons. The highest BCUT2D eigenvalue weighted by Crippen LogP contribution is 2.23. The molecule has 26 heavy (non-hydrogen) atoms. The van der Waals surface area contributed by atoms with Crippen molar-refractivity contribution in [3.05, 3.63) is 52.7 Å². The van der Waals surface area contributed by atoms with Crippen LogP contribution in [0.25, 0.3) is 0 Å². The summed E-state index contributed by atoms with van der Waals surface area (Å²) in [4.78, 5) is 18.1. The number of fused-ring (bicyclic) bond motifs is 1. The minimum absolute atomic E-state index is 0.203. The lowest BCUT2D eigenvalue weighted by molar-refractivity contribution is -0.130. The fourth-order valence-corrected chi connectivity index (χ4v) is 3.27. The van der Waals surface area contributed by atoms with Gasteiger partial charge in [-0.15, -0.1) is 0 Å². The van der Waals surface area contributed by atoms with Crippen LogP contribution >= 0.6 is 0 Å². The summed E-state index contributed by atoms with van der Waals surface area (Å²) in [6.45, 7) is 6.20. The van der Waals surface area contributed by atoms with E-state index in [2.05, 4.69) is 41.5 Å². The second kappa shape index (κ2) is 8.21. The number of aromatic nitrogens is 1. The Hall–Kier alpha value is -2.56. The molecule has 5 heteroatoms. The number of ether oxygens (including phenoxy) is 1. The number of hydrogen-bond donors (Lipinski definition) is 1. The Morgan fingerprint density at radius 1 is 1.15 bits per heavy atom. The van der Waals surface area contributed by atoms with Crippen LogP contribution in [0.1, 0.15) is 35.2 Å². The standard InChI is InChI=1S/C21H27N3O2/c1-15-11-16(2)23-20(12-15)22-9-4-10-26-19-7-5-17-6-8-21(25)24(3)14-18(17)13-19/h5,7,11-13H,4,6,8-10,14H2,1-3H3,(H,22,23). The summed E-state index contributed by atoms with van der Waals surface area (Å²) >= 11 is 0. The van der Waals surface area contributed by atoms with Crippen LogP contribution in [0.15, 0.2) is 30.3 Å². The van der Waals surface area contributed by atoms with Crippen LogP contribution in [0, 0.1) is 13.8 Å². The Kier molecular flexibility index (Phi) is 5.76. The Bertz CT molecular complexity index is 769. The predicted octanol–water partition coefficient (Wildman–Crippen LogP) is 3.48. The molecular formula is C21H27N3O2. The van der Waals surface area contributed by atoms with E-state index in [9.17, 15) is 4.79 Å². The maximum atomic E-state index is 11.9. The largest absolute Gasteiger partial charge is 0.494 e. The highest BCUT2D eigenvalue weighted by molar-refractivity contribution is 5.77. The number of anilines is 1. The zero-order valence-corrected chi connectivity index (χ0v) is 15.8. The average molecular weight is 353 g/mol. The number of nitrogens with zero attached hydrogens (tertiary/aromatic N) is 2. The lowest BCUT2D eigenvalue weighted by atomic mass is 10.0. The highest BCUT2D eigenvalue weighted by atomic mass is 16.5. The van der Waals surface area contributed by atoms with Gasteiger partial charge in [-0.25, -0.2) is 4.98 Å². The molecule has 0 aliphatic carbocycles. The van der Waals surface area contributed by atoms with E-state index >= 15 is 0 Å². The Morgan fingerprint density at radius 2 is 2.00 bits per heavy atom. The third kappa shape index (κ3) is 4.75. The van der Waals surface area contributed by atoms with Gasteiger partial charge in [0.25, 0.3) is 0 Å². The number of benzene rings is 1. The molecule has 0 bridgehead atoms. The molecule has 0 spiro atoms. The first-order chi connectivity index (χ1) is 12.5. The molecule has 1 amide bonds. The van der Waals surface area contributed by atoms with E-state index in [1.807, 2.05) is 20.0 Å². The first-order valence-corrected chi connectivity index (χ1v) is 9.19. The molecule has 1 aromatic heterocycles. The average Bonchev–Trinajstić information content (AvgIpc) is 2.72. The zero-order chi connectivity index (χ0) is 18.5. The van der Waals surface area contributed by atoms with E-state index in [0.717, 1.165) is 36.6 Å². The van der Waals surface area contributed by atoms with E-state index in [4.69, 9.17) is 4.74 Å². The second-order valence-electron chi connectivity index (χ2n) is 6.98. The molecule has 1 aromatic carbocycles. The topological polar surface area (TPSA) is 54.5 Å². The molecule has 2 heterocycles. The van der Waals surface area contributed by atoms with E-state index in [1.54, 1.807) is 4.90 Å². The zero-order valence-electron chi connectivity index (χ0n) is 15.8. The number of carbonyl (C=O) groups excluding carboxylic acids is 1. The van der Waals surface area contributed by atoms with Gasteiger partial charge < -0.3 is 15.0 Å². The van der Waals surface area contributed by atoms with Gasteiger partial charge in [0, 0.05) is 32.3 Å². The Morgan fingerprint density at radius 3 is 2.81 bits per heavy atom. The number of aryl methyl sites for hydroxylation is 3. The lowest BCUT2D eigenvalue weighted by Crippen LogP contribution is -2.24. The van der Waals surface area contributed by atoms with Gasteiger partial charge in [-0.3, -0.25) is 4.79 Å². The van der Waals surface area contributed by atoms with Crippen LogP contribution in [0.5, 0.6) is 5.75 Å². The minimum atomic E-state index is 0.203. The number of pyridine rings is 1. The van der Waals surface area contributed by atoms with Crippen LogP contribution in [0.2, 0.25) is 0 Å². The Balaban J connectivity index is 1.48. The van der Waals surface area contributed by atoms with Gasteiger partial charge in [0.15, 0.2) is 0 Å². The van der Waals surface area contributed by atoms with E-state index in [1.165, 1.54) is 16.7 Å². The summed E-state index contributed by atoms with van der Waals surface area (Å²) in [6, 6.07) is 10.3. The molecule has 0 saturated heterocycles. The maximum Gasteiger partial charge on any atom is 0.222 e. The van der Waals surface area contributed by atoms with Gasteiger partial charge in [0.2, 0.25) is 5.91 Å². The Labute approximate surface area is 155 Å². The van der Waals surface area contributed by atoms with Gasteiger partial charge in [-0.1, -0.05) is 6.07 Å². The van der Waals surface area contributed by atoms with Crippen molar-refractivity contribution in [3.63, 3.8) is 0 Å². The van der Waals surface area contributed by atoms with Gasteiger partial charge >= 0.3 is 0 Å². The van der Waals surface area contributed by atoms with Crippen molar-refractivity contribution < 1.29 is 9.53 Å². The van der Waals surface area contributed by atoms with Gasteiger partial charge in [0.1, 0.15) is 11.6 Å². The predicted molar refractivity (Wildman–Crippen MR) is 104 cm³/mol. The van der Waals surface area contributed by atoms with Crippen molar-refractivity contribution in [3.8, 4) is 5.75 Å². The van der Waals surface area contributed by atoms with Crippen LogP contribution in [-0.4, -0.2) is 36.0 Å².